The zero-order valence-electron chi connectivity index (χ0n) is 13.8. The van der Waals surface area contributed by atoms with Crippen LogP contribution < -0.4 is 4.74 Å². The first-order valence-corrected chi connectivity index (χ1v) is 7.46. The number of carboxylic acids is 1. The molecule has 0 aromatic heterocycles. The van der Waals surface area contributed by atoms with Gasteiger partial charge in [0.2, 0.25) is 0 Å². The minimum atomic E-state index is -1.17. The highest BCUT2D eigenvalue weighted by Gasteiger charge is 2.47. The van der Waals surface area contributed by atoms with Crippen LogP contribution in [0.5, 0.6) is 5.75 Å². The molecule has 0 aliphatic heterocycles. The summed E-state index contributed by atoms with van der Waals surface area (Å²) < 4.78 is 5.31. The van der Waals surface area contributed by atoms with Crippen molar-refractivity contribution in [3.05, 3.63) is 41.5 Å². The number of ether oxygens (including phenoxy) is 1. The van der Waals surface area contributed by atoms with Crippen molar-refractivity contribution in [1.82, 2.24) is 0 Å². The number of carboxylic acid groups (broad SMARTS) is 1. The summed E-state index contributed by atoms with van der Waals surface area (Å²) in [6, 6.07) is 4.61. The molecule has 5 nitrogen and oxygen atoms in total. The Morgan fingerprint density at radius 1 is 1.30 bits per heavy atom. The van der Waals surface area contributed by atoms with Crippen molar-refractivity contribution >= 4 is 11.8 Å². The SMILES string of the molecule is COc1ccc(C(=O)O)cc1CC1C(C)(O)C=CC(=O)C1(C)C. The van der Waals surface area contributed by atoms with Crippen molar-refractivity contribution in [2.24, 2.45) is 11.3 Å². The van der Waals surface area contributed by atoms with Gasteiger partial charge in [0.15, 0.2) is 5.78 Å². The summed E-state index contributed by atoms with van der Waals surface area (Å²) in [5.74, 6) is -0.934. The van der Waals surface area contributed by atoms with E-state index in [0.717, 1.165) is 0 Å². The average molecular weight is 318 g/mol. The lowest BCUT2D eigenvalue weighted by atomic mass is 9.62. The van der Waals surface area contributed by atoms with E-state index in [1.807, 2.05) is 0 Å². The van der Waals surface area contributed by atoms with Gasteiger partial charge in [-0.3, -0.25) is 4.79 Å². The fourth-order valence-electron chi connectivity index (χ4n) is 3.23. The highest BCUT2D eigenvalue weighted by atomic mass is 16.5. The monoisotopic (exact) mass is 318 g/mol. The first-order valence-electron chi connectivity index (χ1n) is 7.46. The lowest BCUT2D eigenvalue weighted by Gasteiger charge is -2.43. The van der Waals surface area contributed by atoms with Gasteiger partial charge in [-0.25, -0.2) is 4.79 Å². The lowest BCUT2D eigenvalue weighted by molar-refractivity contribution is -0.132. The molecule has 2 rings (SSSR count). The van der Waals surface area contributed by atoms with E-state index >= 15 is 0 Å². The molecule has 0 bridgehead atoms. The molecule has 0 saturated heterocycles. The zero-order chi connectivity index (χ0) is 17.4. The minimum Gasteiger partial charge on any atom is -0.496 e. The van der Waals surface area contributed by atoms with Gasteiger partial charge < -0.3 is 14.9 Å². The second-order valence-electron chi connectivity index (χ2n) is 6.73. The smallest absolute Gasteiger partial charge is 0.335 e. The van der Waals surface area contributed by atoms with Crippen LogP contribution in [0.4, 0.5) is 0 Å². The van der Waals surface area contributed by atoms with E-state index < -0.39 is 22.9 Å². The van der Waals surface area contributed by atoms with E-state index in [-0.39, 0.29) is 11.3 Å². The van der Waals surface area contributed by atoms with Crippen LogP contribution in [0.25, 0.3) is 0 Å². The fourth-order valence-corrected chi connectivity index (χ4v) is 3.23. The Labute approximate surface area is 135 Å². The summed E-state index contributed by atoms with van der Waals surface area (Å²) in [6.45, 7) is 5.26. The third-order valence-electron chi connectivity index (χ3n) is 4.74. The van der Waals surface area contributed by atoms with Gasteiger partial charge in [-0.05, 0) is 49.3 Å². The number of aromatic carboxylic acids is 1. The molecule has 0 fully saturated rings. The Kier molecular flexibility index (Phi) is 4.35. The van der Waals surface area contributed by atoms with Crippen LogP contribution in [0.1, 0.15) is 36.7 Å². The Hall–Kier alpha value is -2.14. The van der Waals surface area contributed by atoms with Crippen LogP contribution in [0, 0.1) is 11.3 Å². The summed E-state index contributed by atoms with van der Waals surface area (Å²) in [6.07, 6.45) is 3.26. The van der Waals surface area contributed by atoms with Crippen molar-refractivity contribution in [2.75, 3.05) is 7.11 Å². The maximum Gasteiger partial charge on any atom is 0.335 e. The predicted octanol–water partition coefficient (Wildman–Crippen LogP) is 2.47. The molecule has 1 aliphatic carbocycles. The molecule has 1 aromatic carbocycles. The van der Waals surface area contributed by atoms with Gasteiger partial charge in [-0.15, -0.1) is 0 Å². The van der Waals surface area contributed by atoms with Gasteiger partial charge >= 0.3 is 5.97 Å². The third kappa shape index (κ3) is 3.15. The maximum absolute atomic E-state index is 12.2. The van der Waals surface area contributed by atoms with Crippen molar-refractivity contribution in [1.29, 1.82) is 0 Å². The van der Waals surface area contributed by atoms with Gasteiger partial charge in [0.05, 0.1) is 18.3 Å². The largest absolute Gasteiger partial charge is 0.496 e. The molecule has 0 saturated carbocycles. The second kappa shape index (κ2) is 5.81. The molecular weight excluding hydrogens is 296 g/mol. The number of carbonyl (C=O) groups is 2. The predicted molar refractivity (Wildman–Crippen MR) is 85.7 cm³/mol. The first-order chi connectivity index (χ1) is 10.6. The molecular formula is C18H22O5. The Morgan fingerprint density at radius 2 is 1.96 bits per heavy atom. The second-order valence-corrected chi connectivity index (χ2v) is 6.73. The summed E-state index contributed by atoms with van der Waals surface area (Å²) in [4.78, 5) is 23.4. The van der Waals surface area contributed by atoms with Crippen molar-refractivity contribution in [2.45, 2.75) is 32.8 Å². The summed E-state index contributed by atoms with van der Waals surface area (Å²) in [7, 11) is 1.51. The highest BCUT2D eigenvalue weighted by molar-refractivity contribution is 5.96. The summed E-state index contributed by atoms with van der Waals surface area (Å²) in [5, 5.41) is 19.9. The van der Waals surface area contributed by atoms with Crippen LogP contribution in [-0.2, 0) is 11.2 Å². The molecule has 2 unspecified atom stereocenters. The molecule has 5 heteroatoms. The van der Waals surface area contributed by atoms with Gasteiger partial charge in [-0.2, -0.15) is 0 Å². The maximum atomic E-state index is 12.2. The molecule has 0 spiro atoms. The number of carbonyl (C=O) groups excluding carboxylic acids is 1. The van der Waals surface area contributed by atoms with Gasteiger partial charge in [-0.1, -0.05) is 13.8 Å². The molecule has 1 aromatic rings. The van der Waals surface area contributed by atoms with Crippen LogP contribution in [0.15, 0.2) is 30.4 Å². The van der Waals surface area contributed by atoms with Gasteiger partial charge in [0.1, 0.15) is 5.75 Å². The van der Waals surface area contributed by atoms with Crippen LogP contribution in [0.2, 0.25) is 0 Å². The van der Waals surface area contributed by atoms with Crippen molar-refractivity contribution in [3.63, 3.8) is 0 Å². The normalized spacial score (nSPS) is 26.1. The quantitative estimate of drug-likeness (QED) is 0.891. The molecule has 124 valence electrons. The Balaban J connectivity index is 2.47. The molecule has 0 heterocycles. The highest BCUT2D eigenvalue weighted by Crippen LogP contribution is 2.43. The number of rotatable bonds is 4. The molecule has 23 heavy (non-hydrogen) atoms. The van der Waals surface area contributed by atoms with E-state index in [2.05, 4.69) is 0 Å². The molecule has 0 radical (unpaired) electrons. The minimum absolute atomic E-state index is 0.0534. The number of aliphatic hydroxyl groups is 1. The number of benzene rings is 1. The van der Waals surface area contributed by atoms with Crippen LogP contribution in [-0.4, -0.2) is 34.7 Å². The number of ketones is 1. The van der Waals surface area contributed by atoms with Gasteiger partial charge in [0, 0.05) is 11.3 Å². The standard InChI is InChI=1S/C18H22O5/c1-17(2)14(18(3,22)8-7-15(17)19)10-12-9-11(16(20)21)5-6-13(12)23-4/h5-9,14,22H,10H2,1-4H3,(H,20,21). The molecule has 2 atom stereocenters. The Bertz CT molecular complexity index is 670. The van der Waals surface area contributed by atoms with Crippen molar-refractivity contribution in [3.8, 4) is 5.75 Å². The van der Waals surface area contributed by atoms with E-state index in [1.54, 1.807) is 26.8 Å². The first kappa shape index (κ1) is 17.2. The molecule has 0 amide bonds. The number of hydrogen-bond acceptors (Lipinski definition) is 4. The Morgan fingerprint density at radius 3 is 2.52 bits per heavy atom. The summed E-state index contributed by atoms with van der Waals surface area (Å²) in [5.41, 5.74) is -1.12. The average Bonchev–Trinajstić information content (AvgIpc) is 2.48. The fraction of sp³-hybridized carbons (Fsp3) is 0.444. The molecule has 1 aliphatic rings. The number of allylic oxidation sites excluding steroid dienone is 1. The van der Waals surface area contributed by atoms with E-state index in [0.29, 0.717) is 17.7 Å². The zero-order valence-corrected chi connectivity index (χ0v) is 13.8. The third-order valence-corrected chi connectivity index (χ3v) is 4.74. The van der Waals surface area contributed by atoms with Crippen molar-refractivity contribution < 1.29 is 24.5 Å². The van der Waals surface area contributed by atoms with E-state index in [4.69, 9.17) is 4.74 Å². The number of hydrogen-bond donors (Lipinski definition) is 2. The van der Waals surface area contributed by atoms with Crippen LogP contribution >= 0.6 is 0 Å². The topological polar surface area (TPSA) is 83.8 Å². The van der Waals surface area contributed by atoms with E-state index in [1.165, 1.54) is 31.4 Å². The van der Waals surface area contributed by atoms with Gasteiger partial charge in [0.25, 0.3) is 0 Å². The number of methoxy groups -OCH3 is 1. The van der Waals surface area contributed by atoms with Crippen LogP contribution in [0.3, 0.4) is 0 Å². The molecule has 2 N–H and O–H groups in total. The summed E-state index contributed by atoms with van der Waals surface area (Å²) >= 11 is 0. The van der Waals surface area contributed by atoms with E-state index in [9.17, 15) is 19.8 Å². The lowest BCUT2D eigenvalue weighted by Crippen LogP contribution is -2.49.